The highest BCUT2D eigenvalue weighted by Gasteiger charge is 2.38. The third kappa shape index (κ3) is 2.85. The van der Waals surface area contributed by atoms with Crippen molar-refractivity contribution in [3.05, 3.63) is 23.2 Å². The maximum atomic E-state index is 12.4. The first kappa shape index (κ1) is 14.6. The first-order valence-electron chi connectivity index (χ1n) is 7.59. The van der Waals surface area contributed by atoms with Gasteiger partial charge in [-0.2, -0.15) is 0 Å². The van der Waals surface area contributed by atoms with Crippen molar-refractivity contribution < 1.29 is 13.9 Å². The summed E-state index contributed by atoms with van der Waals surface area (Å²) >= 11 is 0. The third-order valence-corrected chi connectivity index (χ3v) is 4.51. The highest BCUT2D eigenvalue weighted by atomic mass is 16.5. The molecule has 1 saturated heterocycles. The van der Waals surface area contributed by atoms with Crippen molar-refractivity contribution in [2.45, 2.75) is 45.7 Å². The van der Waals surface area contributed by atoms with Crippen molar-refractivity contribution in [3.63, 3.8) is 0 Å². The van der Waals surface area contributed by atoms with E-state index in [1.807, 2.05) is 13.0 Å². The Bertz CT molecular complexity index is 550. The number of aryl methyl sites for hydroxylation is 1. The van der Waals surface area contributed by atoms with Gasteiger partial charge in [-0.15, -0.1) is 0 Å². The van der Waals surface area contributed by atoms with E-state index in [0.29, 0.717) is 13.2 Å². The Morgan fingerprint density at radius 2 is 2.19 bits per heavy atom. The molecular weight excluding hydrogens is 268 g/mol. The Morgan fingerprint density at radius 1 is 1.43 bits per heavy atom. The van der Waals surface area contributed by atoms with E-state index in [-0.39, 0.29) is 29.3 Å². The van der Waals surface area contributed by atoms with Gasteiger partial charge in [0.05, 0.1) is 25.2 Å². The Kier molecular flexibility index (Phi) is 3.58. The zero-order valence-electron chi connectivity index (χ0n) is 12.9. The van der Waals surface area contributed by atoms with Crippen LogP contribution in [-0.4, -0.2) is 25.2 Å². The number of nitrogens with one attached hydrogen (secondary N) is 1. The summed E-state index contributed by atoms with van der Waals surface area (Å²) < 4.78 is 11.1. The molecule has 3 unspecified atom stereocenters. The van der Waals surface area contributed by atoms with Gasteiger partial charge in [0.15, 0.2) is 0 Å². The maximum absolute atomic E-state index is 12.4. The minimum absolute atomic E-state index is 0.00139. The molecule has 1 aromatic heterocycles. The lowest BCUT2D eigenvalue weighted by molar-refractivity contribution is -0.126. The van der Waals surface area contributed by atoms with Crippen molar-refractivity contribution >= 4 is 5.91 Å². The van der Waals surface area contributed by atoms with Gasteiger partial charge in [-0.1, -0.05) is 13.8 Å². The summed E-state index contributed by atoms with van der Waals surface area (Å²) in [4.78, 5) is 12.4. The minimum Gasteiger partial charge on any atom is -0.466 e. The number of ether oxygens (including phenoxy) is 1. The Balaban J connectivity index is 1.79. The standard InChI is InChI=1S/C16H24N2O3/c1-9-4-10-13(5-16(2,3)6-14(10)21-9)18-15(19)11-7-20-8-12(11)17/h4,11-13H,5-8,17H2,1-3H3,(H,18,19). The van der Waals surface area contributed by atoms with Gasteiger partial charge in [-0.05, 0) is 24.8 Å². The molecule has 1 aromatic rings. The first-order valence-corrected chi connectivity index (χ1v) is 7.59. The van der Waals surface area contributed by atoms with Crippen LogP contribution in [0.15, 0.2) is 10.5 Å². The highest BCUT2D eigenvalue weighted by molar-refractivity contribution is 5.80. The molecule has 1 amide bonds. The van der Waals surface area contributed by atoms with Crippen LogP contribution in [0.4, 0.5) is 0 Å². The molecule has 3 atom stereocenters. The Labute approximate surface area is 125 Å². The fourth-order valence-electron chi connectivity index (χ4n) is 3.43. The van der Waals surface area contributed by atoms with Crippen LogP contribution in [0.5, 0.6) is 0 Å². The second-order valence-electron chi connectivity index (χ2n) is 7.15. The van der Waals surface area contributed by atoms with E-state index in [1.54, 1.807) is 0 Å². The number of amides is 1. The van der Waals surface area contributed by atoms with Crippen LogP contribution in [0, 0.1) is 18.3 Å². The number of rotatable bonds is 2. The molecule has 5 heteroatoms. The molecule has 2 aliphatic rings. The van der Waals surface area contributed by atoms with Crippen molar-refractivity contribution in [2.75, 3.05) is 13.2 Å². The van der Waals surface area contributed by atoms with Crippen molar-refractivity contribution in [1.82, 2.24) is 5.32 Å². The molecule has 0 saturated carbocycles. The Morgan fingerprint density at radius 3 is 2.86 bits per heavy atom. The Hall–Kier alpha value is -1.33. The first-order chi connectivity index (χ1) is 9.85. The lowest BCUT2D eigenvalue weighted by Crippen LogP contribution is -2.44. The van der Waals surface area contributed by atoms with Gasteiger partial charge in [0, 0.05) is 18.0 Å². The predicted octanol–water partition coefficient (Wildman–Crippen LogP) is 1.69. The average Bonchev–Trinajstić information content (AvgIpc) is 2.93. The largest absolute Gasteiger partial charge is 0.466 e. The van der Waals surface area contributed by atoms with E-state index in [4.69, 9.17) is 14.9 Å². The molecular formula is C16H24N2O3. The molecule has 116 valence electrons. The number of hydrogen-bond donors (Lipinski definition) is 2. The second kappa shape index (κ2) is 5.14. The van der Waals surface area contributed by atoms with Gasteiger partial charge in [0.25, 0.3) is 0 Å². The topological polar surface area (TPSA) is 77.5 Å². The van der Waals surface area contributed by atoms with Crippen molar-refractivity contribution in [2.24, 2.45) is 17.1 Å². The molecule has 3 rings (SSSR count). The number of nitrogens with two attached hydrogens (primary N) is 1. The van der Waals surface area contributed by atoms with Crippen LogP contribution >= 0.6 is 0 Å². The lowest BCUT2D eigenvalue weighted by Gasteiger charge is -2.35. The van der Waals surface area contributed by atoms with Gasteiger partial charge in [0.1, 0.15) is 11.5 Å². The van der Waals surface area contributed by atoms with Crippen molar-refractivity contribution in [3.8, 4) is 0 Å². The van der Waals surface area contributed by atoms with Crippen LogP contribution in [0.3, 0.4) is 0 Å². The van der Waals surface area contributed by atoms with Crippen LogP contribution < -0.4 is 11.1 Å². The van der Waals surface area contributed by atoms with Crippen LogP contribution in [-0.2, 0) is 16.0 Å². The summed E-state index contributed by atoms with van der Waals surface area (Å²) in [7, 11) is 0. The molecule has 5 nitrogen and oxygen atoms in total. The summed E-state index contributed by atoms with van der Waals surface area (Å²) in [5.41, 5.74) is 7.17. The third-order valence-electron chi connectivity index (χ3n) is 4.51. The van der Waals surface area contributed by atoms with Gasteiger partial charge >= 0.3 is 0 Å². The maximum Gasteiger partial charge on any atom is 0.227 e. The molecule has 0 spiro atoms. The van der Waals surface area contributed by atoms with E-state index in [1.165, 1.54) is 0 Å². The van der Waals surface area contributed by atoms with Crippen molar-refractivity contribution in [1.29, 1.82) is 0 Å². The van der Waals surface area contributed by atoms with Crippen LogP contribution in [0.25, 0.3) is 0 Å². The monoisotopic (exact) mass is 292 g/mol. The van der Waals surface area contributed by atoms with E-state index < -0.39 is 0 Å². The second-order valence-corrected chi connectivity index (χ2v) is 7.15. The lowest BCUT2D eigenvalue weighted by atomic mass is 9.74. The number of carbonyl (C=O) groups is 1. The number of hydrogen-bond acceptors (Lipinski definition) is 4. The number of fused-ring (bicyclic) bond motifs is 1. The molecule has 1 aliphatic heterocycles. The van der Waals surface area contributed by atoms with Gasteiger partial charge in [-0.3, -0.25) is 4.79 Å². The smallest absolute Gasteiger partial charge is 0.227 e. The average molecular weight is 292 g/mol. The van der Waals surface area contributed by atoms with Gasteiger partial charge < -0.3 is 20.2 Å². The molecule has 0 bridgehead atoms. The predicted molar refractivity (Wildman–Crippen MR) is 78.7 cm³/mol. The quantitative estimate of drug-likeness (QED) is 0.869. The molecule has 0 radical (unpaired) electrons. The molecule has 3 N–H and O–H groups in total. The normalized spacial score (nSPS) is 31.0. The molecule has 21 heavy (non-hydrogen) atoms. The summed E-state index contributed by atoms with van der Waals surface area (Å²) in [5, 5.41) is 3.16. The molecule has 1 fully saturated rings. The van der Waals surface area contributed by atoms with Gasteiger partial charge in [-0.25, -0.2) is 0 Å². The zero-order chi connectivity index (χ0) is 15.2. The van der Waals surface area contributed by atoms with Crippen LogP contribution in [0.2, 0.25) is 0 Å². The zero-order valence-corrected chi connectivity index (χ0v) is 12.9. The molecule has 2 heterocycles. The minimum atomic E-state index is -0.244. The summed E-state index contributed by atoms with van der Waals surface area (Å²) in [6.45, 7) is 7.24. The van der Waals surface area contributed by atoms with E-state index in [9.17, 15) is 4.79 Å². The summed E-state index contributed by atoms with van der Waals surface area (Å²) in [6.07, 6.45) is 1.82. The highest BCUT2D eigenvalue weighted by Crippen LogP contribution is 2.42. The fourth-order valence-corrected chi connectivity index (χ4v) is 3.43. The summed E-state index contributed by atoms with van der Waals surface area (Å²) in [6, 6.07) is 1.84. The van der Waals surface area contributed by atoms with Crippen LogP contribution in [0.1, 0.15) is 43.4 Å². The molecule has 0 aromatic carbocycles. The fraction of sp³-hybridized carbons (Fsp3) is 0.688. The van der Waals surface area contributed by atoms with Gasteiger partial charge in [0.2, 0.25) is 5.91 Å². The number of furan rings is 1. The molecule has 1 aliphatic carbocycles. The van der Waals surface area contributed by atoms with E-state index in [2.05, 4.69) is 19.2 Å². The van der Waals surface area contributed by atoms with E-state index in [0.717, 1.165) is 29.9 Å². The SMILES string of the molecule is Cc1cc2c(o1)CC(C)(C)CC2NC(=O)C1COCC1N. The summed E-state index contributed by atoms with van der Waals surface area (Å²) in [5.74, 6) is 1.65. The number of carbonyl (C=O) groups excluding carboxylic acids is 1. The van der Waals surface area contributed by atoms with E-state index >= 15 is 0 Å².